The lowest BCUT2D eigenvalue weighted by Gasteiger charge is -2.36. The zero-order chi connectivity index (χ0) is 30.3. The number of carbonyl (C=O) groups is 2. The van der Waals surface area contributed by atoms with Gasteiger partial charge in [-0.2, -0.15) is 0 Å². The lowest BCUT2D eigenvalue weighted by Crippen LogP contribution is -2.44. The van der Waals surface area contributed by atoms with Gasteiger partial charge >= 0.3 is 6.09 Å². The van der Waals surface area contributed by atoms with Gasteiger partial charge in [0.15, 0.2) is 0 Å². The van der Waals surface area contributed by atoms with Gasteiger partial charge in [-0.05, 0) is 105 Å². The highest BCUT2D eigenvalue weighted by Crippen LogP contribution is 2.39. The second-order valence-corrected chi connectivity index (χ2v) is 12.8. The van der Waals surface area contributed by atoms with Crippen LogP contribution < -0.4 is 19.7 Å². The number of aromatic nitrogens is 1. The fourth-order valence-electron chi connectivity index (χ4n) is 6.66. The second kappa shape index (κ2) is 14.3. The Kier molecular flexibility index (Phi) is 10.2. The number of carbonyl (C=O) groups excluding carboxylic acids is 2. The van der Waals surface area contributed by atoms with E-state index in [4.69, 9.17) is 14.2 Å². The second-order valence-electron chi connectivity index (χ2n) is 11.8. The normalized spacial score (nSPS) is 22.0. The molecule has 230 valence electrons. The van der Waals surface area contributed by atoms with Crippen LogP contribution >= 0.6 is 11.3 Å². The predicted molar refractivity (Wildman–Crippen MR) is 170 cm³/mol. The number of rotatable bonds is 9. The first-order valence-corrected chi connectivity index (χ1v) is 16.1. The largest absolute Gasteiger partial charge is 0.496 e. The third-order valence-electron chi connectivity index (χ3n) is 9.13. The minimum Gasteiger partial charge on any atom is -0.496 e. The van der Waals surface area contributed by atoms with Gasteiger partial charge in [0.25, 0.3) is 5.19 Å². The molecule has 1 heterocycles. The molecule has 0 spiro atoms. The molecule has 0 atom stereocenters. The van der Waals surface area contributed by atoms with E-state index >= 15 is 0 Å². The summed E-state index contributed by atoms with van der Waals surface area (Å²) in [4.78, 5) is 33.3. The number of methoxy groups -OCH3 is 3. The highest BCUT2D eigenvalue weighted by atomic mass is 32.1. The minimum absolute atomic E-state index is 0.0476. The zero-order valence-electron chi connectivity index (χ0n) is 25.6. The van der Waals surface area contributed by atoms with Crippen LogP contribution in [0.5, 0.6) is 10.9 Å². The van der Waals surface area contributed by atoms with Crippen LogP contribution in [0.3, 0.4) is 0 Å². The molecule has 2 fully saturated rings. The van der Waals surface area contributed by atoms with Gasteiger partial charge < -0.3 is 24.4 Å². The van der Waals surface area contributed by atoms with Crippen LogP contribution in [0.1, 0.15) is 68.4 Å². The Morgan fingerprint density at radius 1 is 0.953 bits per heavy atom. The number of nitrogens with one attached hydrogen (secondary N) is 1. The summed E-state index contributed by atoms with van der Waals surface area (Å²) < 4.78 is 15.6. The van der Waals surface area contributed by atoms with E-state index < -0.39 is 6.09 Å². The van der Waals surface area contributed by atoms with E-state index in [0.717, 1.165) is 73.2 Å². The van der Waals surface area contributed by atoms with Crippen molar-refractivity contribution in [2.24, 2.45) is 11.8 Å². The molecule has 0 radical (unpaired) electrons. The van der Waals surface area contributed by atoms with Gasteiger partial charge in [-0.15, -0.1) is 0 Å². The molecule has 9 heteroatoms. The Balaban J connectivity index is 1.31. The van der Waals surface area contributed by atoms with Crippen molar-refractivity contribution in [3.63, 3.8) is 0 Å². The smallest absolute Gasteiger partial charge is 0.407 e. The van der Waals surface area contributed by atoms with Gasteiger partial charge in [0.2, 0.25) is 5.91 Å². The monoisotopic (exact) mass is 605 g/mol. The van der Waals surface area contributed by atoms with Crippen LogP contribution in [-0.2, 0) is 9.53 Å². The standard InChI is InChI=1S/C34H43N3O5S/c1-22-18-26(14-17-30(22)40-2)24-10-8-23(9-11-24)21-37(32(38)25-12-15-28(16-13-25)36-33(39)41-3)29-7-5-6-27(19-29)31-20-35-34(42-4)43-31/h5-7,14,17-20,23-25,28H,8-13,15-16,21H2,1-4H3,(H,36,39)/t23-,24-,25-,28-. The maximum absolute atomic E-state index is 14.2. The number of thiazole rings is 1. The number of nitrogens with zero attached hydrogens (tertiary/aromatic N) is 2. The van der Waals surface area contributed by atoms with Gasteiger partial charge in [-0.25, -0.2) is 9.78 Å². The SMILES string of the molecule is COC(=O)N[C@H]1CC[C@H](C(=O)N(C[C@H]2CC[C@H](c3ccc(OC)c(C)c3)CC2)c2cccc(-c3cnc(OC)s3)c2)CC1. The van der Waals surface area contributed by atoms with Gasteiger partial charge in [-0.3, -0.25) is 4.79 Å². The van der Waals surface area contributed by atoms with Gasteiger partial charge in [0.1, 0.15) is 5.75 Å². The number of benzene rings is 2. The first-order valence-electron chi connectivity index (χ1n) is 15.3. The summed E-state index contributed by atoms with van der Waals surface area (Å²) in [7, 11) is 4.72. The van der Waals surface area contributed by atoms with Crippen LogP contribution in [0.15, 0.2) is 48.7 Å². The number of ether oxygens (including phenoxy) is 3. The average Bonchev–Trinajstić information content (AvgIpc) is 3.54. The average molecular weight is 606 g/mol. The van der Waals surface area contributed by atoms with Crippen molar-refractivity contribution in [1.82, 2.24) is 10.3 Å². The highest BCUT2D eigenvalue weighted by molar-refractivity contribution is 7.16. The number of anilines is 1. The van der Waals surface area contributed by atoms with Gasteiger partial charge in [0.05, 0.1) is 26.2 Å². The van der Waals surface area contributed by atoms with E-state index in [2.05, 4.69) is 53.6 Å². The van der Waals surface area contributed by atoms with Crippen molar-refractivity contribution >= 4 is 29.0 Å². The molecule has 2 amide bonds. The number of hydrogen-bond donors (Lipinski definition) is 1. The Morgan fingerprint density at radius 3 is 2.37 bits per heavy atom. The molecule has 0 unspecified atom stereocenters. The van der Waals surface area contributed by atoms with E-state index in [1.165, 1.54) is 29.6 Å². The van der Waals surface area contributed by atoms with Crippen LogP contribution in [-0.4, -0.2) is 50.9 Å². The first kappa shape index (κ1) is 30.9. The van der Waals surface area contributed by atoms with Crippen molar-refractivity contribution in [3.8, 4) is 21.4 Å². The van der Waals surface area contributed by atoms with Crippen molar-refractivity contribution in [3.05, 3.63) is 59.8 Å². The van der Waals surface area contributed by atoms with Crippen LogP contribution in [0, 0.1) is 18.8 Å². The summed E-state index contributed by atoms with van der Waals surface area (Å²) in [5.41, 5.74) is 4.52. The molecule has 2 saturated carbocycles. The molecular formula is C34H43N3O5S. The molecule has 2 aliphatic carbocycles. The van der Waals surface area contributed by atoms with Crippen molar-refractivity contribution in [1.29, 1.82) is 0 Å². The maximum Gasteiger partial charge on any atom is 0.407 e. The van der Waals surface area contributed by atoms with E-state index in [9.17, 15) is 9.59 Å². The molecule has 2 aromatic carbocycles. The topological polar surface area (TPSA) is 90.0 Å². The van der Waals surface area contributed by atoms with E-state index in [-0.39, 0.29) is 17.9 Å². The Bertz CT molecular complexity index is 1390. The third kappa shape index (κ3) is 7.50. The maximum atomic E-state index is 14.2. The van der Waals surface area contributed by atoms with Gasteiger partial charge in [-0.1, -0.05) is 35.6 Å². The summed E-state index contributed by atoms with van der Waals surface area (Å²) in [6, 6.07) is 14.9. The highest BCUT2D eigenvalue weighted by Gasteiger charge is 2.33. The lowest BCUT2D eigenvalue weighted by molar-refractivity contribution is -0.123. The summed E-state index contributed by atoms with van der Waals surface area (Å²) in [5, 5.41) is 3.53. The molecule has 5 rings (SSSR count). The number of hydrogen-bond acceptors (Lipinski definition) is 7. The fraction of sp³-hybridized carbons (Fsp3) is 0.500. The molecule has 2 aliphatic rings. The fourth-order valence-corrected chi connectivity index (χ4v) is 7.39. The number of alkyl carbamates (subject to hydrolysis) is 1. The van der Waals surface area contributed by atoms with E-state index in [1.54, 1.807) is 14.2 Å². The van der Waals surface area contributed by atoms with Gasteiger partial charge in [0, 0.05) is 30.4 Å². The molecule has 1 aromatic heterocycles. The van der Waals surface area contributed by atoms with E-state index in [1.807, 2.05) is 17.2 Å². The summed E-state index contributed by atoms with van der Waals surface area (Å²) in [5.74, 6) is 2.02. The van der Waals surface area contributed by atoms with Crippen molar-refractivity contribution < 1.29 is 23.8 Å². The molecular weight excluding hydrogens is 562 g/mol. The van der Waals surface area contributed by atoms with Crippen molar-refractivity contribution in [2.75, 3.05) is 32.8 Å². The molecule has 3 aromatic rings. The lowest BCUT2D eigenvalue weighted by atomic mass is 9.78. The third-order valence-corrected chi connectivity index (χ3v) is 10.1. The van der Waals surface area contributed by atoms with Crippen molar-refractivity contribution in [2.45, 2.75) is 70.3 Å². The molecule has 1 N–H and O–H groups in total. The molecule has 8 nitrogen and oxygen atoms in total. The minimum atomic E-state index is -0.409. The predicted octanol–water partition coefficient (Wildman–Crippen LogP) is 7.36. The van der Waals surface area contributed by atoms with Crippen LogP contribution in [0.25, 0.3) is 10.4 Å². The Morgan fingerprint density at radius 2 is 1.72 bits per heavy atom. The Labute approximate surface area is 258 Å². The quantitative estimate of drug-likeness (QED) is 0.274. The summed E-state index contributed by atoms with van der Waals surface area (Å²) in [6.07, 6.45) is 8.85. The summed E-state index contributed by atoms with van der Waals surface area (Å²) >= 11 is 1.50. The summed E-state index contributed by atoms with van der Waals surface area (Å²) in [6.45, 7) is 2.82. The number of aryl methyl sites for hydroxylation is 1. The van der Waals surface area contributed by atoms with E-state index in [0.29, 0.717) is 23.6 Å². The number of amides is 2. The van der Waals surface area contributed by atoms with Crippen LogP contribution in [0.2, 0.25) is 0 Å². The molecule has 0 aliphatic heterocycles. The van der Waals surface area contributed by atoms with Crippen LogP contribution in [0.4, 0.5) is 10.5 Å². The Hall–Kier alpha value is -3.59. The molecule has 0 saturated heterocycles. The molecule has 0 bridgehead atoms. The first-order chi connectivity index (χ1) is 20.9. The molecule has 43 heavy (non-hydrogen) atoms. The zero-order valence-corrected chi connectivity index (χ0v) is 26.5.